The monoisotopic (exact) mass is 757 g/mol. The molecule has 1 aromatic heterocycles. The quantitative estimate of drug-likeness (QED) is 0.197. The van der Waals surface area contributed by atoms with E-state index < -0.39 is 23.4 Å². The number of thiophene rings is 1. The average Bonchev–Trinajstić information content (AvgIpc) is 3.35. The Morgan fingerprint density at radius 2 is 1.49 bits per heavy atom. The number of benzene rings is 2. The van der Waals surface area contributed by atoms with Crippen molar-refractivity contribution in [3.05, 3.63) is 83.6 Å². The van der Waals surface area contributed by atoms with Gasteiger partial charge >= 0.3 is 33.4 Å². The Bertz CT molecular complexity index is 1260. The largest absolute Gasteiger partial charge is 1.00 e. The van der Waals surface area contributed by atoms with Gasteiger partial charge in [-0.15, -0.1) is 0 Å². The number of rotatable bonds is 8. The van der Waals surface area contributed by atoms with Crippen LogP contribution in [-0.4, -0.2) is 35.9 Å². The Hall–Kier alpha value is -2.64. The lowest BCUT2D eigenvalue weighted by Gasteiger charge is -2.22. The molecule has 0 fully saturated rings. The van der Waals surface area contributed by atoms with Crippen molar-refractivity contribution >= 4 is 29.5 Å². The molecule has 11 heteroatoms. The minimum atomic E-state index is -0.722. The number of halogens is 2. The van der Waals surface area contributed by atoms with Crippen molar-refractivity contribution in [3.63, 3.8) is 0 Å². The van der Waals surface area contributed by atoms with Gasteiger partial charge in [0.25, 0.3) is 0 Å². The molecule has 3 rings (SSSR count). The van der Waals surface area contributed by atoms with Crippen LogP contribution in [0.15, 0.2) is 71.0 Å². The molecule has 0 aliphatic rings. The van der Waals surface area contributed by atoms with Gasteiger partial charge in [0.05, 0.1) is 0 Å². The van der Waals surface area contributed by atoms with Crippen molar-refractivity contribution in [1.82, 2.24) is 10.6 Å². The highest BCUT2D eigenvalue weighted by molar-refractivity contribution is 7.07. The number of alkyl carbamates (subject to hydrolysis) is 2. The second kappa shape index (κ2) is 16.1. The number of amides is 2. The van der Waals surface area contributed by atoms with Crippen molar-refractivity contribution in [3.8, 4) is 5.75 Å². The zero-order chi connectivity index (χ0) is 29.2. The summed E-state index contributed by atoms with van der Waals surface area (Å²) in [5.41, 5.74) is 0.721. The highest BCUT2D eigenvalue weighted by Crippen LogP contribution is 2.17. The average molecular weight is 759 g/mol. The maximum absolute atomic E-state index is 12.4. The van der Waals surface area contributed by atoms with Crippen molar-refractivity contribution in [1.29, 1.82) is 0 Å². The summed E-state index contributed by atoms with van der Waals surface area (Å²) < 4.78 is 19.5. The standard InChI is InChI=1S/C30H36IN3O5S.BrH/c1-29(2,3)38-27(35)33-26(34-28(36)39-30(4,5)6)32-17-16-21-14-15-23(31-25-13-10-18-40-25)24(19-21)37-20-22-11-8-7-9-12-22;/h7-15,18-19H,16-17,20H2,1-6H3,(H-,32,33,34,35,36);1H. The SMILES string of the molecule is CC(C)(C)OC(=O)NC(=NCCc1ccc([I+]c2cccs2)c(OCc2ccccc2)c1)NC(=O)OC(C)(C)C.[Br-]. The molecule has 0 unspecified atom stereocenters. The van der Waals surface area contributed by atoms with Gasteiger partial charge in [-0.25, -0.2) is 9.59 Å². The van der Waals surface area contributed by atoms with Crippen LogP contribution in [0.3, 0.4) is 0 Å². The number of guanidine groups is 1. The first kappa shape index (κ1) is 34.6. The molecule has 0 spiro atoms. The summed E-state index contributed by atoms with van der Waals surface area (Å²) in [5, 5.41) is 7.13. The van der Waals surface area contributed by atoms with Crippen LogP contribution < -0.4 is 53.6 Å². The molecule has 0 saturated carbocycles. The van der Waals surface area contributed by atoms with E-state index in [1.165, 1.54) is 6.45 Å². The van der Waals surface area contributed by atoms with Crippen LogP contribution in [0, 0.1) is 6.45 Å². The zero-order valence-electron chi connectivity index (χ0n) is 24.1. The summed E-state index contributed by atoms with van der Waals surface area (Å²) in [5.74, 6) is 0.828. The van der Waals surface area contributed by atoms with Crippen LogP contribution in [0.5, 0.6) is 5.75 Å². The molecular weight excluding hydrogens is 721 g/mol. The molecule has 2 amide bonds. The Morgan fingerprint density at radius 1 is 0.854 bits per heavy atom. The fourth-order valence-electron chi connectivity index (χ4n) is 3.25. The molecule has 0 atom stereocenters. The van der Waals surface area contributed by atoms with E-state index in [0.29, 0.717) is 19.6 Å². The van der Waals surface area contributed by atoms with Gasteiger partial charge in [-0.1, -0.05) is 47.7 Å². The molecule has 0 aliphatic carbocycles. The predicted octanol–water partition coefficient (Wildman–Crippen LogP) is 0.407. The summed E-state index contributed by atoms with van der Waals surface area (Å²) in [6, 6.07) is 20.6. The van der Waals surface area contributed by atoms with Crippen LogP contribution in [0.4, 0.5) is 9.59 Å². The van der Waals surface area contributed by atoms with Crippen LogP contribution >= 0.6 is 11.3 Å². The molecule has 1 heterocycles. The Labute approximate surface area is 267 Å². The molecule has 0 radical (unpaired) electrons. The van der Waals surface area contributed by atoms with Crippen LogP contribution in [0.2, 0.25) is 0 Å². The molecule has 8 nitrogen and oxygen atoms in total. The number of nitrogens with zero attached hydrogens (tertiary/aromatic N) is 1. The van der Waals surface area contributed by atoms with Gasteiger partial charge < -0.3 is 31.2 Å². The van der Waals surface area contributed by atoms with Crippen LogP contribution in [0.25, 0.3) is 0 Å². The highest BCUT2D eigenvalue weighted by atomic mass is 127. The Morgan fingerprint density at radius 3 is 2.05 bits per heavy atom. The number of hydrogen-bond donors (Lipinski definition) is 2. The topological polar surface area (TPSA) is 98.3 Å². The first-order valence-corrected chi connectivity index (χ1v) is 15.9. The Kier molecular flexibility index (Phi) is 13.6. The third kappa shape index (κ3) is 13.7. The van der Waals surface area contributed by atoms with Gasteiger partial charge in [0.1, 0.15) is 17.8 Å². The number of ether oxygens (including phenoxy) is 3. The van der Waals surface area contributed by atoms with E-state index in [0.717, 1.165) is 16.9 Å². The zero-order valence-corrected chi connectivity index (χ0v) is 28.7. The lowest BCUT2D eigenvalue weighted by Crippen LogP contribution is -3.61. The smallest absolute Gasteiger partial charge is 0.414 e. The van der Waals surface area contributed by atoms with Gasteiger partial charge in [0, 0.05) is 12.6 Å². The molecule has 41 heavy (non-hydrogen) atoms. The summed E-state index contributed by atoms with van der Waals surface area (Å²) in [7, 11) is 0. The second-order valence-corrected chi connectivity index (χ2v) is 15.3. The lowest BCUT2D eigenvalue weighted by atomic mass is 10.1. The lowest BCUT2D eigenvalue weighted by molar-refractivity contribution is -0.592. The molecule has 222 valence electrons. The molecular formula is C30H37BrIN3O5S. The molecule has 3 aromatic rings. The van der Waals surface area contributed by atoms with Crippen molar-refractivity contribution in [2.75, 3.05) is 6.54 Å². The minimum absolute atomic E-state index is 0. The van der Waals surface area contributed by atoms with E-state index >= 15 is 0 Å². The molecule has 0 aliphatic heterocycles. The minimum Gasteiger partial charge on any atom is -1.00 e. The number of carbonyl (C=O) groups excluding carboxylic acids is 2. The number of carbonyl (C=O) groups is 2. The van der Waals surface area contributed by atoms with E-state index in [2.05, 4.69) is 51.3 Å². The van der Waals surface area contributed by atoms with E-state index in [1.54, 1.807) is 52.9 Å². The van der Waals surface area contributed by atoms with E-state index in [1.807, 2.05) is 30.3 Å². The first-order chi connectivity index (χ1) is 18.9. The summed E-state index contributed by atoms with van der Waals surface area (Å²) in [4.78, 5) is 29.1. The molecule has 2 N–H and O–H groups in total. The van der Waals surface area contributed by atoms with Gasteiger partial charge in [0.2, 0.25) is 12.4 Å². The van der Waals surface area contributed by atoms with Crippen LogP contribution in [0.1, 0.15) is 52.7 Å². The van der Waals surface area contributed by atoms with Crippen molar-refractivity contribution in [2.24, 2.45) is 4.99 Å². The van der Waals surface area contributed by atoms with E-state index in [-0.39, 0.29) is 44.1 Å². The van der Waals surface area contributed by atoms with E-state index in [4.69, 9.17) is 14.2 Å². The molecule has 2 aromatic carbocycles. The molecule has 0 bridgehead atoms. The number of hydrogen-bond acceptors (Lipinski definition) is 7. The Balaban J connectivity index is 0.00000588. The van der Waals surface area contributed by atoms with Gasteiger partial charge in [-0.05, 0) is 82.7 Å². The normalized spacial score (nSPS) is 11.1. The number of nitrogens with one attached hydrogen (secondary N) is 2. The maximum Gasteiger partial charge on any atom is 0.414 e. The van der Waals surface area contributed by atoms with Gasteiger partial charge in [-0.2, -0.15) is 0 Å². The fourth-order valence-corrected chi connectivity index (χ4v) is 7.01. The number of aliphatic imine (C=N–C) groups is 1. The van der Waals surface area contributed by atoms with Gasteiger partial charge in [-0.3, -0.25) is 15.6 Å². The highest BCUT2D eigenvalue weighted by Gasteiger charge is 2.24. The van der Waals surface area contributed by atoms with Crippen molar-refractivity contribution in [2.45, 2.75) is 65.8 Å². The molecule has 0 saturated heterocycles. The van der Waals surface area contributed by atoms with Gasteiger partial charge in [0.15, 0.2) is 5.75 Å². The second-order valence-electron chi connectivity index (χ2n) is 10.8. The van der Waals surface area contributed by atoms with Crippen molar-refractivity contribution < 1.29 is 62.0 Å². The fraction of sp³-hybridized carbons (Fsp3) is 0.367. The van der Waals surface area contributed by atoms with E-state index in [9.17, 15) is 9.59 Å². The third-order valence-corrected chi connectivity index (χ3v) is 9.12. The summed E-state index contributed by atoms with van der Waals surface area (Å²) >= 11 is 1.39. The predicted molar refractivity (Wildman–Crippen MR) is 154 cm³/mol. The first-order valence-electron chi connectivity index (χ1n) is 12.9. The van der Waals surface area contributed by atoms with Crippen LogP contribution in [-0.2, 0) is 22.5 Å². The maximum atomic E-state index is 12.4. The summed E-state index contributed by atoms with van der Waals surface area (Å²) in [6.07, 6.45) is -0.879. The summed E-state index contributed by atoms with van der Waals surface area (Å²) in [6.45, 7) is 11.3. The third-order valence-electron chi connectivity index (χ3n) is 4.82.